The maximum absolute atomic E-state index is 11.1. The van der Waals surface area contributed by atoms with E-state index in [0.29, 0.717) is 5.69 Å². The summed E-state index contributed by atoms with van der Waals surface area (Å²) in [5, 5.41) is 22.6. The van der Waals surface area contributed by atoms with E-state index in [1.165, 1.54) is 25.3 Å². The molecule has 0 fully saturated rings. The van der Waals surface area contributed by atoms with Crippen LogP contribution in [-0.2, 0) is 4.79 Å². The zero-order valence-corrected chi connectivity index (χ0v) is 10.9. The minimum Gasteiger partial charge on any atom is -0.490 e. The van der Waals surface area contributed by atoms with Gasteiger partial charge in [-0.2, -0.15) is 0 Å². The summed E-state index contributed by atoms with van der Waals surface area (Å²) in [5.41, 5.74) is 0.299. The second-order valence-corrected chi connectivity index (χ2v) is 4.35. The molecule has 0 aromatic heterocycles. The highest BCUT2D eigenvalue weighted by Gasteiger charge is 2.22. The first kappa shape index (κ1) is 14.7. The number of carboxylic acid groups (broad SMARTS) is 1. The zero-order valence-electron chi connectivity index (χ0n) is 10.9. The van der Waals surface area contributed by atoms with Crippen LogP contribution in [0.4, 0.5) is 11.4 Å². The molecule has 0 aliphatic carbocycles. The second-order valence-electron chi connectivity index (χ2n) is 4.35. The average Bonchev–Trinajstić information content (AvgIpc) is 2.34. The SMILES string of the molecule is COc1cc(NC(C(=O)O)C(C)C)ccc1[N+](=O)[O-]. The van der Waals surface area contributed by atoms with Gasteiger partial charge in [-0.05, 0) is 12.0 Å². The molecular formula is C12H16N2O5. The van der Waals surface area contributed by atoms with Gasteiger partial charge in [0.05, 0.1) is 12.0 Å². The lowest BCUT2D eigenvalue weighted by Crippen LogP contribution is -2.34. The maximum atomic E-state index is 11.1. The van der Waals surface area contributed by atoms with Crippen molar-refractivity contribution >= 4 is 17.3 Å². The third-order valence-corrected chi connectivity index (χ3v) is 2.63. The number of hydrogen-bond donors (Lipinski definition) is 2. The van der Waals surface area contributed by atoms with Gasteiger partial charge in [0.15, 0.2) is 5.75 Å². The molecule has 1 atom stereocenters. The van der Waals surface area contributed by atoms with Crippen LogP contribution in [0.2, 0.25) is 0 Å². The summed E-state index contributed by atoms with van der Waals surface area (Å²) >= 11 is 0. The van der Waals surface area contributed by atoms with Crippen molar-refractivity contribution in [3.63, 3.8) is 0 Å². The van der Waals surface area contributed by atoms with Crippen molar-refractivity contribution in [3.8, 4) is 5.75 Å². The minimum atomic E-state index is -0.979. The van der Waals surface area contributed by atoms with Crippen LogP contribution >= 0.6 is 0 Å². The first-order valence-electron chi connectivity index (χ1n) is 5.68. The Labute approximate surface area is 110 Å². The summed E-state index contributed by atoms with van der Waals surface area (Å²) in [7, 11) is 1.32. The van der Waals surface area contributed by atoms with Crippen molar-refractivity contribution in [2.24, 2.45) is 5.92 Å². The van der Waals surface area contributed by atoms with Crippen molar-refractivity contribution < 1.29 is 19.6 Å². The maximum Gasteiger partial charge on any atom is 0.326 e. The van der Waals surface area contributed by atoms with Gasteiger partial charge in [-0.3, -0.25) is 10.1 Å². The topological polar surface area (TPSA) is 102 Å². The van der Waals surface area contributed by atoms with Crippen LogP contribution < -0.4 is 10.1 Å². The predicted molar refractivity (Wildman–Crippen MR) is 69.5 cm³/mol. The van der Waals surface area contributed by atoms with E-state index in [4.69, 9.17) is 9.84 Å². The zero-order chi connectivity index (χ0) is 14.6. The fraction of sp³-hybridized carbons (Fsp3) is 0.417. The van der Waals surface area contributed by atoms with E-state index >= 15 is 0 Å². The summed E-state index contributed by atoms with van der Waals surface area (Å²) in [6.45, 7) is 3.54. The van der Waals surface area contributed by atoms with Gasteiger partial charge in [-0.1, -0.05) is 13.8 Å². The summed E-state index contributed by atoms with van der Waals surface area (Å²) in [6.07, 6.45) is 0. The number of ether oxygens (including phenoxy) is 1. The Kier molecular flexibility index (Phi) is 4.68. The minimum absolute atomic E-state index is 0.0860. The Bertz CT molecular complexity index is 487. The number of aliphatic carboxylic acids is 1. The third-order valence-electron chi connectivity index (χ3n) is 2.63. The molecule has 104 valence electrons. The number of nitro groups is 1. The molecule has 0 saturated heterocycles. The smallest absolute Gasteiger partial charge is 0.326 e. The number of nitrogens with one attached hydrogen (secondary N) is 1. The average molecular weight is 268 g/mol. The number of nitrogens with zero attached hydrogens (tertiary/aromatic N) is 1. The van der Waals surface area contributed by atoms with E-state index in [0.717, 1.165) is 0 Å². The van der Waals surface area contributed by atoms with Crippen molar-refractivity contribution in [2.45, 2.75) is 19.9 Å². The molecule has 1 rings (SSSR count). The van der Waals surface area contributed by atoms with E-state index < -0.39 is 16.9 Å². The summed E-state index contributed by atoms with van der Waals surface area (Å²) < 4.78 is 4.92. The second kappa shape index (κ2) is 6.03. The van der Waals surface area contributed by atoms with Gasteiger partial charge in [-0.15, -0.1) is 0 Å². The molecule has 0 saturated carbocycles. The highest BCUT2D eigenvalue weighted by Crippen LogP contribution is 2.30. The molecule has 7 heteroatoms. The van der Waals surface area contributed by atoms with Gasteiger partial charge < -0.3 is 15.2 Å². The number of carboxylic acids is 1. The molecule has 0 radical (unpaired) electrons. The van der Waals surface area contributed by atoms with Gasteiger partial charge in [0.1, 0.15) is 6.04 Å². The van der Waals surface area contributed by atoms with Crippen LogP contribution in [-0.4, -0.2) is 29.2 Å². The van der Waals surface area contributed by atoms with E-state index in [1.807, 2.05) is 0 Å². The van der Waals surface area contributed by atoms with Crippen molar-refractivity contribution in [1.29, 1.82) is 0 Å². The first-order chi connectivity index (χ1) is 8.86. The van der Waals surface area contributed by atoms with Crippen LogP contribution in [0.3, 0.4) is 0 Å². The first-order valence-corrected chi connectivity index (χ1v) is 5.68. The molecule has 1 aromatic rings. The number of hydrogen-bond acceptors (Lipinski definition) is 5. The molecule has 0 spiro atoms. The fourth-order valence-corrected chi connectivity index (χ4v) is 1.61. The summed E-state index contributed by atoms with van der Waals surface area (Å²) in [4.78, 5) is 21.3. The fourth-order valence-electron chi connectivity index (χ4n) is 1.61. The van der Waals surface area contributed by atoms with Gasteiger partial charge in [0.25, 0.3) is 0 Å². The number of anilines is 1. The van der Waals surface area contributed by atoms with Gasteiger partial charge in [0, 0.05) is 17.8 Å². The van der Waals surface area contributed by atoms with Crippen molar-refractivity contribution in [3.05, 3.63) is 28.3 Å². The normalized spacial score (nSPS) is 12.0. The molecule has 1 unspecified atom stereocenters. The van der Waals surface area contributed by atoms with Crippen LogP contribution in [0.1, 0.15) is 13.8 Å². The van der Waals surface area contributed by atoms with Crippen molar-refractivity contribution in [1.82, 2.24) is 0 Å². The molecule has 2 N–H and O–H groups in total. The Morgan fingerprint density at radius 1 is 1.47 bits per heavy atom. The van der Waals surface area contributed by atoms with E-state index in [1.54, 1.807) is 13.8 Å². The Hall–Kier alpha value is -2.31. The summed E-state index contributed by atoms with van der Waals surface area (Å²) in [5.74, 6) is -1.02. The quantitative estimate of drug-likeness (QED) is 0.605. The lowest BCUT2D eigenvalue weighted by atomic mass is 10.0. The molecule has 0 amide bonds. The van der Waals surface area contributed by atoms with Crippen LogP contribution in [0.5, 0.6) is 5.75 Å². The van der Waals surface area contributed by atoms with Gasteiger partial charge >= 0.3 is 11.7 Å². The Morgan fingerprint density at radius 3 is 2.53 bits per heavy atom. The Morgan fingerprint density at radius 2 is 2.11 bits per heavy atom. The monoisotopic (exact) mass is 268 g/mol. The van der Waals surface area contributed by atoms with Gasteiger partial charge in [-0.25, -0.2) is 4.79 Å². The molecule has 0 aliphatic heterocycles. The van der Waals surface area contributed by atoms with Crippen LogP contribution in [0.15, 0.2) is 18.2 Å². The van der Waals surface area contributed by atoms with E-state index in [2.05, 4.69) is 5.32 Å². The van der Waals surface area contributed by atoms with Crippen LogP contribution in [0.25, 0.3) is 0 Å². The lowest BCUT2D eigenvalue weighted by molar-refractivity contribution is -0.385. The number of nitro benzene ring substituents is 1. The number of methoxy groups -OCH3 is 1. The number of carbonyl (C=O) groups is 1. The molecule has 0 heterocycles. The largest absolute Gasteiger partial charge is 0.490 e. The predicted octanol–water partition coefficient (Wildman–Crippen LogP) is 2.12. The number of benzene rings is 1. The van der Waals surface area contributed by atoms with Crippen molar-refractivity contribution in [2.75, 3.05) is 12.4 Å². The highest BCUT2D eigenvalue weighted by atomic mass is 16.6. The molecule has 7 nitrogen and oxygen atoms in total. The van der Waals surface area contributed by atoms with Gasteiger partial charge in [0.2, 0.25) is 0 Å². The molecular weight excluding hydrogens is 252 g/mol. The molecule has 19 heavy (non-hydrogen) atoms. The molecule has 1 aromatic carbocycles. The van der Waals surface area contributed by atoms with E-state index in [-0.39, 0.29) is 17.4 Å². The Balaban J connectivity index is 3.03. The standard InChI is InChI=1S/C12H16N2O5/c1-7(2)11(12(15)16)13-8-4-5-9(14(17)18)10(6-8)19-3/h4-7,11,13H,1-3H3,(H,15,16). The number of rotatable bonds is 6. The third kappa shape index (κ3) is 3.57. The van der Waals surface area contributed by atoms with Crippen LogP contribution in [0, 0.1) is 16.0 Å². The lowest BCUT2D eigenvalue weighted by Gasteiger charge is -2.19. The highest BCUT2D eigenvalue weighted by molar-refractivity contribution is 5.78. The summed E-state index contributed by atoms with van der Waals surface area (Å²) in [6, 6.07) is 3.38. The van der Waals surface area contributed by atoms with E-state index in [9.17, 15) is 14.9 Å². The molecule has 0 aliphatic rings. The molecule has 0 bridgehead atoms.